The first-order valence-corrected chi connectivity index (χ1v) is 7.24. The van der Waals surface area contributed by atoms with Gasteiger partial charge in [0.15, 0.2) is 0 Å². The number of halogens is 1. The Morgan fingerprint density at radius 3 is 2.89 bits per heavy atom. The van der Waals surface area contributed by atoms with E-state index in [2.05, 4.69) is 15.9 Å². The molecule has 1 heterocycles. The summed E-state index contributed by atoms with van der Waals surface area (Å²) in [7, 11) is 0. The molecule has 4 nitrogen and oxygen atoms in total. The fraction of sp³-hybridized carbons (Fsp3) is 0.500. The summed E-state index contributed by atoms with van der Waals surface area (Å²) in [6.45, 7) is 3.05. The van der Waals surface area contributed by atoms with Crippen molar-refractivity contribution in [1.82, 2.24) is 4.90 Å². The van der Waals surface area contributed by atoms with Crippen LogP contribution < -0.4 is 0 Å². The molecule has 1 amide bonds. The van der Waals surface area contributed by atoms with Gasteiger partial charge in [-0.1, -0.05) is 0 Å². The molecule has 1 fully saturated rings. The van der Waals surface area contributed by atoms with E-state index >= 15 is 0 Å². The van der Waals surface area contributed by atoms with E-state index in [0.717, 1.165) is 12.8 Å². The van der Waals surface area contributed by atoms with Crippen molar-refractivity contribution in [3.8, 4) is 5.75 Å². The summed E-state index contributed by atoms with van der Waals surface area (Å²) in [6.07, 6.45) is 1.46. The van der Waals surface area contributed by atoms with Crippen LogP contribution in [-0.4, -0.2) is 40.2 Å². The predicted octanol–water partition coefficient (Wildman–Crippen LogP) is 2.39. The van der Waals surface area contributed by atoms with Gasteiger partial charge in [0.25, 0.3) is 5.91 Å². The third kappa shape index (κ3) is 3.28. The van der Waals surface area contributed by atoms with Gasteiger partial charge in [-0.3, -0.25) is 4.79 Å². The van der Waals surface area contributed by atoms with Crippen molar-refractivity contribution in [3.63, 3.8) is 0 Å². The maximum Gasteiger partial charge on any atom is 0.253 e. The number of rotatable bonds is 2. The number of aromatic hydroxyl groups is 1. The average molecular weight is 328 g/mol. The summed E-state index contributed by atoms with van der Waals surface area (Å²) in [5, 5.41) is 19.3. The van der Waals surface area contributed by atoms with E-state index < -0.39 is 6.10 Å². The zero-order chi connectivity index (χ0) is 14.0. The van der Waals surface area contributed by atoms with Gasteiger partial charge in [-0.25, -0.2) is 0 Å². The van der Waals surface area contributed by atoms with Crippen LogP contribution in [0.15, 0.2) is 22.7 Å². The largest absolute Gasteiger partial charge is 0.507 e. The second-order valence-corrected chi connectivity index (χ2v) is 5.91. The number of phenols is 1. The molecule has 0 unspecified atom stereocenters. The number of hydrogen-bond acceptors (Lipinski definition) is 3. The third-order valence-electron chi connectivity index (χ3n) is 3.62. The number of carbonyl (C=O) groups excluding carboxylic acids is 1. The number of nitrogens with zero attached hydrogens (tertiary/aromatic N) is 1. The van der Waals surface area contributed by atoms with E-state index in [-0.39, 0.29) is 17.6 Å². The van der Waals surface area contributed by atoms with Gasteiger partial charge >= 0.3 is 0 Å². The second-order valence-electron chi connectivity index (χ2n) is 5.06. The monoisotopic (exact) mass is 327 g/mol. The molecule has 5 heteroatoms. The molecule has 1 aliphatic rings. The highest BCUT2D eigenvalue weighted by Gasteiger charge is 2.27. The van der Waals surface area contributed by atoms with Gasteiger partial charge in [-0.2, -0.15) is 0 Å². The summed E-state index contributed by atoms with van der Waals surface area (Å²) in [5.74, 6) is 0.116. The number of phenolic OH excluding ortho intramolecular Hbond substituents is 1. The minimum absolute atomic E-state index is 0.0648. The van der Waals surface area contributed by atoms with Crippen LogP contribution in [0.2, 0.25) is 0 Å². The average Bonchev–Trinajstić information content (AvgIpc) is 2.41. The fourth-order valence-corrected chi connectivity index (χ4v) is 2.66. The van der Waals surface area contributed by atoms with E-state index in [1.165, 1.54) is 6.07 Å². The highest BCUT2D eigenvalue weighted by atomic mass is 79.9. The molecule has 0 radical (unpaired) electrons. The zero-order valence-corrected chi connectivity index (χ0v) is 12.4. The van der Waals surface area contributed by atoms with Crippen LogP contribution in [-0.2, 0) is 0 Å². The predicted molar refractivity (Wildman–Crippen MR) is 76.1 cm³/mol. The summed E-state index contributed by atoms with van der Waals surface area (Å²) in [6, 6.07) is 4.83. The Kier molecular flexibility index (Phi) is 4.47. The molecule has 2 rings (SSSR count). The molecule has 0 aromatic heterocycles. The van der Waals surface area contributed by atoms with Crippen molar-refractivity contribution in [3.05, 3.63) is 28.2 Å². The number of aliphatic hydroxyl groups is 1. The van der Waals surface area contributed by atoms with Crippen molar-refractivity contribution >= 4 is 21.8 Å². The first kappa shape index (κ1) is 14.3. The number of hydrogen-bond donors (Lipinski definition) is 2. The Labute approximate surface area is 121 Å². The quantitative estimate of drug-likeness (QED) is 0.876. The van der Waals surface area contributed by atoms with E-state index in [0.29, 0.717) is 23.1 Å². The maximum absolute atomic E-state index is 12.3. The highest BCUT2D eigenvalue weighted by molar-refractivity contribution is 9.10. The lowest BCUT2D eigenvalue weighted by Gasteiger charge is -2.34. The molecule has 1 aromatic rings. The maximum atomic E-state index is 12.3. The normalized spacial score (nSPS) is 21.2. The summed E-state index contributed by atoms with van der Waals surface area (Å²) < 4.78 is 0.574. The molecule has 1 aliphatic heterocycles. The van der Waals surface area contributed by atoms with Crippen molar-refractivity contribution in [2.75, 3.05) is 13.1 Å². The molecular formula is C14H18BrNO3. The molecule has 0 spiro atoms. The lowest BCUT2D eigenvalue weighted by molar-refractivity contribution is 0.0465. The topological polar surface area (TPSA) is 60.8 Å². The molecule has 0 saturated carbocycles. The second kappa shape index (κ2) is 5.92. The van der Waals surface area contributed by atoms with Crippen LogP contribution in [0.5, 0.6) is 5.75 Å². The van der Waals surface area contributed by atoms with Crippen molar-refractivity contribution in [1.29, 1.82) is 0 Å². The Hall–Kier alpha value is -1.07. The van der Waals surface area contributed by atoms with Gasteiger partial charge in [0.1, 0.15) is 5.75 Å². The Morgan fingerprint density at radius 1 is 1.53 bits per heavy atom. The van der Waals surface area contributed by atoms with Crippen molar-refractivity contribution in [2.24, 2.45) is 5.92 Å². The number of carbonyl (C=O) groups is 1. The van der Waals surface area contributed by atoms with Gasteiger partial charge in [0.05, 0.1) is 10.6 Å². The molecule has 0 bridgehead atoms. The molecule has 1 saturated heterocycles. The van der Waals surface area contributed by atoms with Crippen LogP contribution in [0.4, 0.5) is 0 Å². The van der Waals surface area contributed by atoms with Gasteiger partial charge in [-0.05, 0) is 53.9 Å². The van der Waals surface area contributed by atoms with Gasteiger partial charge < -0.3 is 15.1 Å². The number of aliphatic hydroxyl groups excluding tert-OH is 1. The minimum atomic E-state index is -0.395. The van der Waals surface area contributed by atoms with E-state index in [1.54, 1.807) is 24.0 Å². The van der Waals surface area contributed by atoms with Crippen LogP contribution in [0, 0.1) is 5.92 Å². The molecule has 0 aliphatic carbocycles. The molecule has 1 aromatic carbocycles. The van der Waals surface area contributed by atoms with E-state index in [4.69, 9.17) is 0 Å². The summed E-state index contributed by atoms with van der Waals surface area (Å²) in [4.78, 5) is 14.1. The van der Waals surface area contributed by atoms with E-state index in [1.807, 2.05) is 0 Å². The molecule has 2 atom stereocenters. The highest BCUT2D eigenvalue weighted by Crippen LogP contribution is 2.26. The smallest absolute Gasteiger partial charge is 0.253 e. The fourth-order valence-electron chi connectivity index (χ4n) is 2.42. The molecule has 2 N–H and O–H groups in total. The molecular weight excluding hydrogens is 310 g/mol. The van der Waals surface area contributed by atoms with Crippen LogP contribution in [0.25, 0.3) is 0 Å². The third-order valence-corrected chi connectivity index (χ3v) is 4.29. The number of benzene rings is 1. The Morgan fingerprint density at radius 2 is 2.26 bits per heavy atom. The number of likely N-dealkylation sites (tertiary alicyclic amines) is 1. The van der Waals surface area contributed by atoms with E-state index in [9.17, 15) is 15.0 Å². The van der Waals surface area contributed by atoms with Crippen LogP contribution in [0.1, 0.15) is 30.1 Å². The van der Waals surface area contributed by atoms with Crippen molar-refractivity contribution in [2.45, 2.75) is 25.9 Å². The van der Waals surface area contributed by atoms with Gasteiger partial charge in [0, 0.05) is 24.6 Å². The molecule has 19 heavy (non-hydrogen) atoms. The molecule has 104 valence electrons. The zero-order valence-electron chi connectivity index (χ0n) is 10.8. The van der Waals surface area contributed by atoms with Crippen LogP contribution in [0.3, 0.4) is 0 Å². The lowest BCUT2D eigenvalue weighted by atomic mass is 9.93. The lowest BCUT2D eigenvalue weighted by Crippen LogP contribution is -2.42. The first-order valence-electron chi connectivity index (χ1n) is 6.45. The van der Waals surface area contributed by atoms with Crippen LogP contribution >= 0.6 is 15.9 Å². The number of piperidine rings is 1. The Balaban J connectivity index is 2.12. The Bertz CT molecular complexity index is 476. The van der Waals surface area contributed by atoms with Gasteiger partial charge in [-0.15, -0.1) is 0 Å². The number of amides is 1. The first-order chi connectivity index (χ1) is 8.99. The summed E-state index contributed by atoms with van der Waals surface area (Å²) in [5.41, 5.74) is 0.479. The standard InChI is InChI=1S/C14H18BrNO3/c1-9(17)11-3-2-6-16(8-11)14(19)10-4-5-12(15)13(18)7-10/h4-5,7,9,11,17-18H,2-3,6,8H2,1H3/t9-,11+/m1/s1. The van der Waals surface area contributed by atoms with Crippen molar-refractivity contribution < 1.29 is 15.0 Å². The van der Waals surface area contributed by atoms with Gasteiger partial charge in [0.2, 0.25) is 0 Å². The minimum Gasteiger partial charge on any atom is -0.507 e. The SMILES string of the molecule is C[C@@H](O)[C@H]1CCCN(C(=O)c2ccc(Br)c(O)c2)C1. The summed E-state index contributed by atoms with van der Waals surface area (Å²) >= 11 is 3.20.